The molecule has 1 aliphatic heterocycles. The Balaban J connectivity index is 2.03. The maximum atomic E-state index is 12.8. The average molecular weight is 314 g/mol. The molecule has 0 spiro atoms. The zero-order valence-electron chi connectivity index (χ0n) is 12.9. The van der Waals surface area contributed by atoms with Crippen molar-refractivity contribution in [2.45, 2.75) is 12.8 Å². The van der Waals surface area contributed by atoms with E-state index in [-0.39, 0.29) is 18.0 Å². The van der Waals surface area contributed by atoms with Crippen LogP contribution in [0.4, 0.5) is 0 Å². The van der Waals surface area contributed by atoms with Gasteiger partial charge in [-0.05, 0) is 18.9 Å². The number of fused-ring (bicyclic) bond motifs is 1. The van der Waals surface area contributed by atoms with Gasteiger partial charge in [0.15, 0.2) is 0 Å². The van der Waals surface area contributed by atoms with Gasteiger partial charge >= 0.3 is 5.97 Å². The summed E-state index contributed by atoms with van der Waals surface area (Å²) in [5, 5.41) is 9.87. The Morgan fingerprint density at radius 1 is 1.26 bits per heavy atom. The minimum absolute atomic E-state index is 0.192. The van der Waals surface area contributed by atoms with Gasteiger partial charge in [0.1, 0.15) is 0 Å². The Kier molecular flexibility index (Phi) is 3.90. The molecule has 1 fully saturated rings. The van der Waals surface area contributed by atoms with E-state index in [0.29, 0.717) is 35.9 Å². The Morgan fingerprint density at radius 2 is 2.00 bits per heavy atom. The van der Waals surface area contributed by atoms with Crippen LogP contribution in [0.5, 0.6) is 0 Å². The number of aryl methyl sites for hydroxylation is 1. The maximum absolute atomic E-state index is 12.8. The first-order valence-electron chi connectivity index (χ1n) is 7.60. The van der Waals surface area contributed by atoms with E-state index < -0.39 is 11.9 Å². The molecule has 0 saturated carbocycles. The second-order valence-electron chi connectivity index (χ2n) is 5.90. The molecule has 1 saturated heterocycles. The monoisotopic (exact) mass is 314 g/mol. The van der Waals surface area contributed by atoms with E-state index in [1.54, 1.807) is 24.1 Å². The molecule has 23 heavy (non-hydrogen) atoms. The molecule has 1 atom stereocenters. The largest absolute Gasteiger partial charge is 0.481 e. The highest BCUT2D eigenvalue weighted by atomic mass is 16.4. The van der Waals surface area contributed by atoms with E-state index in [2.05, 4.69) is 0 Å². The highest BCUT2D eigenvalue weighted by Gasteiger charge is 2.29. The second kappa shape index (κ2) is 5.87. The molecule has 1 aliphatic rings. The fourth-order valence-electron chi connectivity index (χ4n) is 3.12. The fraction of sp³-hybridized carbons (Fsp3) is 0.353. The molecule has 120 valence electrons. The number of rotatable bonds is 2. The zero-order valence-corrected chi connectivity index (χ0v) is 12.9. The number of pyridine rings is 1. The van der Waals surface area contributed by atoms with Crippen LogP contribution in [0.1, 0.15) is 23.2 Å². The van der Waals surface area contributed by atoms with Gasteiger partial charge in [-0.2, -0.15) is 0 Å². The van der Waals surface area contributed by atoms with Gasteiger partial charge in [0, 0.05) is 31.6 Å². The lowest BCUT2D eigenvalue weighted by Gasteiger charge is -2.31. The summed E-state index contributed by atoms with van der Waals surface area (Å²) in [5.41, 5.74) is 0.781. The summed E-state index contributed by atoms with van der Waals surface area (Å²) >= 11 is 0. The van der Waals surface area contributed by atoms with E-state index in [9.17, 15) is 14.4 Å². The molecule has 2 aromatic rings. The van der Waals surface area contributed by atoms with Crippen LogP contribution >= 0.6 is 0 Å². The number of carboxylic acids is 1. The fourth-order valence-corrected chi connectivity index (χ4v) is 3.12. The van der Waals surface area contributed by atoms with Crippen LogP contribution < -0.4 is 5.56 Å². The SMILES string of the molecule is Cn1c(=O)cc(C(=O)N2CCCC(C(=O)O)C2)c2ccccc21. The van der Waals surface area contributed by atoms with Crippen molar-refractivity contribution in [3.63, 3.8) is 0 Å². The molecule has 0 radical (unpaired) electrons. The van der Waals surface area contributed by atoms with E-state index in [1.807, 2.05) is 12.1 Å². The summed E-state index contributed by atoms with van der Waals surface area (Å²) in [6, 6.07) is 8.58. The number of benzene rings is 1. The number of piperidine rings is 1. The lowest BCUT2D eigenvalue weighted by atomic mass is 9.97. The summed E-state index contributed by atoms with van der Waals surface area (Å²) in [5.74, 6) is -1.69. The van der Waals surface area contributed by atoms with Gasteiger partial charge in [0.05, 0.1) is 17.0 Å². The molecule has 1 N–H and O–H groups in total. The summed E-state index contributed by atoms with van der Waals surface area (Å²) in [6.07, 6.45) is 1.24. The third-order valence-electron chi connectivity index (χ3n) is 4.44. The quantitative estimate of drug-likeness (QED) is 0.910. The number of hydrogen-bond acceptors (Lipinski definition) is 3. The van der Waals surface area contributed by atoms with Gasteiger partial charge in [0.2, 0.25) is 0 Å². The molecule has 1 aromatic heterocycles. The van der Waals surface area contributed by atoms with Crippen molar-refractivity contribution < 1.29 is 14.7 Å². The molecule has 6 heteroatoms. The van der Waals surface area contributed by atoms with Crippen molar-refractivity contribution in [1.82, 2.24) is 9.47 Å². The van der Waals surface area contributed by atoms with E-state index in [1.165, 1.54) is 10.6 Å². The van der Waals surface area contributed by atoms with E-state index in [0.717, 1.165) is 0 Å². The van der Waals surface area contributed by atoms with Crippen LogP contribution in [-0.4, -0.2) is 39.5 Å². The van der Waals surface area contributed by atoms with Crippen molar-refractivity contribution in [3.8, 4) is 0 Å². The van der Waals surface area contributed by atoms with Crippen molar-refractivity contribution in [1.29, 1.82) is 0 Å². The highest BCUT2D eigenvalue weighted by Crippen LogP contribution is 2.22. The Morgan fingerprint density at radius 3 is 2.74 bits per heavy atom. The number of amides is 1. The predicted molar refractivity (Wildman–Crippen MR) is 85.5 cm³/mol. The molecule has 2 heterocycles. The number of hydrogen-bond donors (Lipinski definition) is 1. The zero-order chi connectivity index (χ0) is 16.6. The van der Waals surface area contributed by atoms with Crippen molar-refractivity contribution in [2.24, 2.45) is 13.0 Å². The first-order valence-corrected chi connectivity index (χ1v) is 7.60. The van der Waals surface area contributed by atoms with Crippen molar-refractivity contribution in [3.05, 3.63) is 46.2 Å². The number of carbonyl (C=O) groups is 2. The normalized spacial score (nSPS) is 18.1. The number of nitrogens with zero attached hydrogens (tertiary/aromatic N) is 2. The average Bonchev–Trinajstić information content (AvgIpc) is 2.57. The number of carboxylic acid groups (broad SMARTS) is 1. The summed E-state index contributed by atoms with van der Waals surface area (Å²) in [4.78, 5) is 37.7. The highest BCUT2D eigenvalue weighted by molar-refractivity contribution is 6.06. The van der Waals surface area contributed by atoms with Crippen LogP contribution in [-0.2, 0) is 11.8 Å². The van der Waals surface area contributed by atoms with E-state index in [4.69, 9.17) is 5.11 Å². The van der Waals surface area contributed by atoms with E-state index >= 15 is 0 Å². The topological polar surface area (TPSA) is 79.6 Å². The number of aliphatic carboxylic acids is 1. The van der Waals surface area contributed by atoms with Gasteiger partial charge < -0.3 is 14.6 Å². The first-order chi connectivity index (χ1) is 11.0. The molecule has 1 amide bonds. The lowest BCUT2D eigenvalue weighted by molar-refractivity contribution is -0.143. The molecular weight excluding hydrogens is 296 g/mol. The molecule has 0 bridgehead atoms. The van der Waals surface area contributed by atoms with Crippen molar-refractivity contribution in [2.75, 3.05) is 13.1 Å². The smallest absolute Gasteiger partial charge is 0.308 e. The third kappa shape index (κ3) is 2.72. The minimum atomic E-state index is -0.878. The minimum Gasteiger partial charge on any atom is -0.481 e. The summed E-state index contributed by atoms with van der Waals surface area (Å²) in [6.45, 7) is 0.712. The molecule has 1 unspecified atom stereocenters. The number of para-hydroxylation sites is 1. The summed E-state index contributed by atoms with van der Waals surface area (Å²) < 4.78 is 1.50. The van der Waals surface area contributed by atoms with Gasteiger partial charge in [0.25, 0.3) is 11.5 Å². The van der Waals surface area contributed by atoms with Crippen molar-refractivity contribution >= 4 is 22.8 Å². The van der Waals surface area contributed by atoms with Gasteiger partial charge in [-0.25, -0.2) is 0 Å². The third-order valence-corrected chi connectivity index (χ3v) is 4.44. The molecule has 0 aliphatic carbocycles. The molecular formula is C17H18N2O4. The number of carbonyl (C=O) groups excluding carboxylic acids is 1. The van der Waals surface area contributed by atoms with Crippen LogP contribution in [0.2, 0.25) is 0 Å². The number of likely N-dealkylation sites (tertiary alicyclic amines) is 1. The number of aromatic nitrogens is 1. The van der Waals surface area contributed by atoms with Crippen LogP contribution in [0.3, 0.4) is 0 Å². The lowest BCUT2D eigenvalue weighted by Crippen LogP contribution is -2.42. The van der Waals surface area contributed by atoms with Crippen LogP contribution in [0, 0.1) is 5.92 Å². The molecule has 1 aromatic carbocycles. The standard InChI is InChI=1S/C17H18N2O4/c1-18-14-7-3-2-6-12(14)13(9-15(18)20)16(21)19-8-4-5-11(10-19)17(22)23/h2-3,6-7,9,11H,4-5,8,10H2,1H3,(H,22,23). The Hall–Kier alpha value is -2.63. The molecule has 6 nitrogen and oxygen atoms in total. The van der Waals surface area contributed by atoms with Crippen LogP contribution in [0.15, 0.2) is 35.1 Å². The maximum Gasteiger partial charge on any atom is 0.308 e. The van der Waals surface area contributed by atoms with Gasteiger partial charge in [-0.1, -0.05) is 18.2 Å². The first kappa shape index (κ1) is 15.3. The molecule has 3 rings (SSSR count). The summed E-state index contributed by atoms with van der Waals surface area (Å²) in [7, 11) is 1.67. The Labute approximate surface area is 132 Å². The predicted octanol–water partition coefficient (Wildman–Crippen LogP) is 1.48. The van der Waals surface area contributed by atoms with Gasteiger partial charge in [-0.3, -0.25) is 14.4 Å². The van der Waals surface area contributed by atoms with Gasteiger partial charge in [-0.15, -0.1) is 0 Å². The Bertz CT molecular complexity index is 840. The second-order valence-corrected chi connectivity index (χ2v) is 5.90. The van der Waals surface area contributed by atoms with Crippen LogP contribution in [0.25, 0.3) is 10.9 Å².